The summed E-state index contributed by atoms with van der Waals surface area (Å²) in [6.07, 6.45) is 1.56. The molecule has 1 atom stereocenters. The van der Waals surface area contributed by atoms with Gasteiger partial charge >= 0.3 is 5.88 Å². The molecule has 0 saturated carbocycles. The minimum absolute atomic E-state index is 0.158. The van der Waals surface area contributed by atoms with Crippen molar-refractivity contribution in [2.45, 2.75) is 5.75 Å². The minimum Gasteiger partial charge on any atom is -0.395 e. The lowest BCUT2D eigenvalue weighted by atomic mass is 10.2. The van der Waals surface area contributed by atoms with Gasteiger partial charge in [-0.1, -0.05) is 18.2 Å². The molecule has 1 heterocycles. The molecule has 0 bridgehead atoms. The molecule has 1 amide bonds. The van der Waals surface area contributed by atoms with Crippen LogP contribution in [0, 0.1) is 10.1 Å². The van der Waals surface area contributed by atoms with Gasteiger partial charge in [-0.2, -0.15) is 0 Å². The van der Waals surface area contributed by atoms with Gasteiger partial charge in [0.05, 0.1) is 11.8 Å². The number of amides is 1. The molecule has 8 heteroatoms. The number of hydrogen-bond donors (Lipinski definition) is 1. The highest BCUT2D eigenvalue weighted by molar-refractivity contribution is 7.83. The van der Waals surface area contributed by atoms with Crippen LogP contribution in [-0.2, 0) is 16.6 Å². The first-order valence-electron chi connectivity index (χ1n) is 5.91. The third-order valence-electron chi connectivity index (χ3n) is 2.62. The van der Waals surface area contributed by atoms with Gasteiger partial charge in [0.25, 0.3) is 5.91 Å². The molecule has 1 aromatic carbocycles. The summed E-state index contributed by atoms with van der Waals surface area (Å²) in [5.41, 5.74) is 1.21. The zero-order valence-electron chi connectivity index (χ0n) is 11.1. The lowest BCUT2D eigenvalue weighted by molar-refractivity contribution is -0.402. The fraction of sp³-hybridized carbons (Fsp3) is 0.154. The smallest absolute Gasteiger partial charge is 0.395 e. The van der Waals surface area contributed by atoms with Crippen LogP contribution in [0.3, 0.4) is 0 Å². The van der Waals surface area contributed by atoms with E-state index in [1.807, 2.05) is 0 Å². The second-order valence-corrected chi connectivity index (χ2v) is 5.66. The number of furan rings is 1. The van der Waals surface area contributed by atoms with Gasteiger partial charge in [-0.05, 0) is 17.7 Å². The van der Waals surface area contributed by atoms with Crippen LogP contribution in [0.4, 0.5) is 11.6 Å². The highest BCUT2D eigenvalue weighted by atomic mass is 32.2. The molecular formula is C13H12N2O5S. The lowest BCUT2D eigenvalue weighted by Crippen LogP contribution is -2.12. The van der Waals surface area contributed by atoms with Crippen molar-refractivity contribution in [1.82, 2.24) is 0 Å². The summed E-state index contributed by atoms with van der Waals surface area (Å²) in [4.78, 5) is 21.8. The minimum atomic E-state index is -1.05. The first kappa shape index (κ1) is 14.9. The number of anilines is 1. The maximum absolute atomic E-state index is 12.0. The van der Waals surface area contributed by atoms with E-state index in [2.05, 4.69) is 5.32 Å². The number of para-hydroxylation sites is 1. The Morgan fingerprint density at radius 3 is 2.67 bits per heavy atom. The molecule has 0 aliphatic rings. The van der Waals surface area contributed by atoms with Crippen LogP contribution < -0.4 is 5.32 Å². The van der Waals surface area contributed by atoms with E-state index in [9.17, 15) is 19.1 Å². The van der Waals surface area contributed by atoms with Gasteiger partial charge in [-0.3, -0.25) is 19.1 Å². The number of nitrogens with one attached hydrogen (secondary N) is 1. The predicted molar refractivity (Wildman–Crippen MR) is 77.5 cm³/mol. The first-order chi connectivity index (χ1) is 9.97. The summed E-state index contributed by atoms with van der Waals surface area (Å²) in [6, 6.07) is 9.26. The molecule has 0 saturated heterocycles. The second-order valence-electron chi connectivity index (χ2n) is 4.22. The molecule has 0 spiro atoms. The van der Waals surface area contributed by atoms with Gasteiger partial charge in [0, 0.05) is 22.7 Å². The van der Waals surface area contributed by atoms with Gasteiger partial charge in [-0.15, -0.1) is 0 Å². The predicted octanol–water partition coefficient (Wildman–Crippen LogP) is 2.32. The van der Waals surface area contributed by atoms with Crippen LogP contribution in [0.25, 0.3) is 0 Å². The van der Waals surface area contributed by atoms with Crippen molar-refractivity contribution in [2.75, 3.05) is 11.6 Å². The van der Waals surface area contributed by atoms with Crippen molar-refractivity contribution in [3.8, 4) is 0 Å². The van der Waals surface area contributed by atoms with E-state index in [4.69, 9.17) is 4.42 Å². The standard InChI is InChI=1S/C13H12N2O5S/c1-21(19)8-9-4-2-3-5-10(9)14-13(16)11-6-7-12(20-11)15(17)18/h2-7H,8H2,1H3,(H,14,16)/t21-/m0/s1. The number of benzene rings is 1. The molecule has 0 radical (unpaired) electrons. The maximum atomic E-state index is 12.0. The van der Waals surface area contributed by atoms with Crippen molar-refractivity contribution in [2.24, 2.45) is 0 Å². The van der Waals surface area contributed by atoms with Gasteiger partial charge < -0.3 is 9.73 Å². The Bertz CT molecular complexity index is 710. The van der Waals surface area contributed by atoms with Crippen molar-refractivity contribution in [3.05, 3.63) is 57.8 Å². The van der Waals surface area contributed by atoms with Crippen molar-refractivity contribution in [1.29, 1.82) is 0 Å². The fourth-order valence-electron chi connectivity index (χ4n) is 1.72. The highest BCUT2D eigenvalue weighted by Gasteiger charge is 2.18. The average Bonchev–Trinajstić information content (AvgIpc) is 2.90. The third kappa shape index (κ3) is 3.76. The maximum Gasteiger partial charge on any atom is 0.433 e. The van der Waals surface area contributed by atoms with Gasteiger partial charge in [0.15, 0.2) is 5.76 Å². The number of nitro groups is 1. The normalized spacial score (nSPS) is 11.9. The third-order valence-corrected chi connectivity index (χ3v) is 3.34. The number of nitrogens with zero attached hydrogens (tertiary/aromatic N) is 1. The molecular weight excluding hydrogens is 296 g/mol. The fourth-order valence-corrected chi connectivity index (χ4v) is 2.41. The summed E-state index contributed by atoms with van der Waals surface area (Å²) >= 11 is 0. The van der Waals surface area contributed by atoms with E-state index in [0.29, 0.717) is 17.0 Å². The van der Waals surface area contributed by atoms with E-state index in [-0.39, 0.29) is 5.76 Å². The Morgan fingerprint density at radius 2 is 2.05 bits per heavy atom. The molecule has 1 N–H and O–H groups in total. The average molecular weight is 308 g/mol. The van der Waals surface area contributed by atoms with E-state index < -0.39 is 27.5 Å². The molecule has 0 aliphatic carbocycles. The molecule has 1 aromatic heterocycles. The van der Waals surface area contributed by atoms with Crippen LogP contribution >= 0.6 is 0 Å². The van der Waals surface area contributed by atoms with Gasteiger partial charge in [-0.25, -0.2) is 0 Å². The van der Waals surface area contributed by atoms with E-state index in [1.54, 1.807) is 30.5 Å². The van der Waals surface area contributed by atoms with Crippen LogP contribution in [-0.4, -0.2) is 21.3 Å². The summed E-state index contributed by atoms with van der Waals surface area (Å²) in [5, 5.41) is 13.1. The molecule has 7 nitrogen and oxygen atoms in total. The largest absolute Gasteiger partial charge is 0.433 e. The van der Waals surface area contributed by atoms with E-state index in [0.717, 1.165) is 6.07 Å². The van der Waals surface area contributed by atoms with E-state index >= 15 is 0 Å². The molecule has 110 valence electrons. The molecule has 0 unspecified atom stereocenters. The Balaban J connectivity index is 2.19. The zero-order chi connectivity index (χ0) is 15.4. The lowest BCUT2D eigenvalue weighted by Gasteiger charge is -2.08. The Kier molecular flexibility index (Phi) is 4.49. The summed E-state index contributed by atoms with van der Waals surface area (Å²) < 4.78 is 16.1. The SMILES string of the molecule is C[S@](=O)Cc1ccccc1NC(=O)c1ccc([N+](=O)[O-])o1. The van der Waals surface area contributed by atoms with Gasteiger partial charge in [0.2, 0.25) is 0 Å². The summed E-state index contributed by atoms with van der Waals surface area (Å²) in [7, 11) is -1.05. The van der Waals surface area contributed by atoms with Crippen molar-refractivity contribution in [3.63, 3.8) is 0 Å². The van der Waals surface area contributed by atoms with E-state index in [1.165, 1.54) is 6.07 Å². The van der Waals surface area contributed by atoms with Crippen LogP contribution in [0.1, 0.15) is 16.1 Å². The summed E-state index contributed by atoms with van der Waals surface area (Å²) in [6.45, 7) is 0. The highest BCUT2D eigenvalue weighted by Crippen LogP contribution is 2.20. The van der Waals surface area contributed by atoms with Crippen molar-refractivity contribution >= 4 is 28.3 Å². The Labute approximate surface area is 122 Å². The molecule has 21 heavy (non-hydrogen) atoms. The van der Waals surface area contributed by atoms with Crippen molar-refractivity contribution < 1.29 is 18.3 Å². The summed E-state index contributed by atoms with van der Waals surface area (Å²) in [5.74, 6) is -0.955. The quantitative estimate of drug-likeness (QED) is 0.674. The number of rotatable bonds is 5. The number of carbonyl (C=O) groups excluding carboxylic acids is 1. The number of hydrogen-bond acceptors (Lipinski definition) is 5. The number of carbonyl (C=O) groups is 1. The molecule has 2 rings (SSSR count). The van der Waals surface area contributed by atoms with Crippen LogP contribution in [0.2, 0.25) is 0 Å². The second kappa shape index (κ2) is 6.31. The Hall–Kier alpha value is -2.48. The molecule has 0 aliphatic heterocycles. The zero-order valence-corrected chi connectivity index (χ0v) is 11.9. The first-order valence-corrected chi connectivity index (χ1v) is 7.63. The van der Waals surface area contributed by atoms with Crippen LogP contribution in [0.5, 0.6) is 0 Å². The van der Waals surface area contributed by atoms with Crippen LogP contribution in [0.15, 0.2) is 40.8 Å². The monoisotopic (exact) mass is 308 g/mol. The van der Waals surface area contributed by atoms with Gasteiger partial charge in [0.1, 0.15) is 4.92 Å². The topological polar surface area (TPSA) is 102 Å². The Morgan fingerprint density at radius 1 is 1.33 bits per heavy atom. The molecule has 0 fully saturated rings. The molecule has 2 aromatic rings.